The third-order valence-corrected chi connectivity index (χ3v) is 5.42. The van der Waals surface area contributed by atoms with Crippen molar-refractivity contribution in [2.24, 2.45) is 0 Å². The molecule has 0 fully saturated rings. The van der Waals surface area contributed by atoms with Gasteiger partial charge in [0.1, 0.15) is 0 Å². The maximum Gasteiger partial charge on any atom is 0.294 e. The Labute approximate surface area is 164 Å². The van der Waals surface area contributed by atoms with Crippen LogP contribution in [0.5, 0.6) is 0 Å². The van der Waals surface area contributed by atoms with Crippen molar-refractivity contribution in [3.05, 3.63) is 65.7 Å². The largest absolute Gasteiger partial charge is 0.338 e. The van der Waals surface area contributed by atoms with E-state index in [2.05, 4.69) is 11.1 Å². The Morgan fingerprint density at radius 3 is 2.57 bits per heavy atom. The minimum absolute atomic E-state index is 0.0443. The van der Waals surface area contributed by atoms with Gasteiger partial charge in [0.25, 0.3) is 11.8 Å². The summed E-state index contributed by atoms with van der Waals surface area (Å²) in [6.07, 6.45) is 2.61. The molecule has 1 unspecified atom stereocenters. The molecular weight excluding hydrogens is 352 g/mol. The average molecular weight is 376 g/mol. The van der Waals surface area contributed by atoms with Crippen LogP contribution in [0.3, 0.4) is 0 Å². The first-order valence-corrected chi connectivity index (χ1v) is 9.74. The van der Waals surface area contributed by atoms with Gasteiger partial charge in [0, 0.05) is 31.0 Å². The van der Waals surface area contributed by atoms with Gasteiger partial charge in [-0.15, -0.1) is 0 Å². The van der Waals surface area contributed by atoms with Crippen LogP contribution in [0.2, 0.25) is 0 Å². The molecule has 6 nitrogen and oxygen atoms in total. The Morgan fingerprint density at radius 2 is 1.82 bits per heavy atom. The van der Waals surface area contributed by atoms with Crippen molar-refractivity contribution < 1.29 is 9.59 Å². The molecule has 28 heavy (non-hydrogen) atoms. The fraction of sp³-hybridized carbons (Fsp3) is 0.318. The zero-order valence-corrected chi connectivity index (χ0v) is 16.4. The van der Waals surface area contributed by atoms with Gasteiger partial charge in [-0.25, -0.2) is 4.98 Å². The number of para-hydroxylation sites is 1. The van der Waals surface area contributed by atoms with Gasteiger partial charge in [0.15, 0.2) is 5.69 Å². The number of amides is 2. The lowest BCUT2D eigenvalue weighted by Gasteiger charge is -2.22. The predicted molar refractivity (Wildman–Crippen MR) is 109 cm³/mol. The van der Waals surface area contributed by atoms with Gasteiger partial charge in [0.2, 0.25) is 5.82 Å². The van der Waals surface area contributed by atoms with E-state index in [4.69, 9.17) is 0 Å². The van der Waals surface area contributed by atoms with Crippen molar-refractivity contribution in [1.29, 1.82) is 0 Å². The zero-order valence-electron chi connectivity index (χ0n) is 16.4. The third-order valence-electron chi connectivity index (χ3n) is 5.42. The first kappa shape index (κ1) is 18.2. The number of imidazole rings is 1. The predicted octanol–water partition coefficient (Wildman–Crippen LogP) is 3.41. The van der Waals surface area contributed by atoms with Crippen LogP contribution in [0.15, 0.2) is 48.7 Å². The number of fused-ring (bicyclic) bond motifs is 2. The van der Waals surface area contributed by atoms with Crippen molar-refractivity contribution in [2.45, 2.75) is 33.2 Å². The molecule has 0 N–H and O–H groups in total. The molecule has 1 aromatic carbocycles. The smallest absolute Gasteiger partial charge is 0.294 e. The summed E-state index contributed by atoms with van der Waals surface area (Å²) in [5.41, 5.74) is 3.06. The number of nitrogens with zero attached hydrogens (tertiary/aromatic N) is 4. The van der Waals surface area contributed by atoms with Crippen LogP contribution in [0.4, 0.5) is 5.69 Å². The maximum absolute atomic E-state index is 13.5. The molecule has 2 amide bonds. The lowest BCUT2D eigenvalue weighted by molar-refractivity contribution is 0.0769. The number of hydrogen-bond acceptors (Lipinski definition) is 3. The molecule has 3 heterocycles. The van der Waals surface area contributed by atoms with E-state index >= 15 is 0 Å². The Morgan fingerprint density at radius 1 is 1.11 bits per heavy atom. The van der Waals surface area contributed by atoms with Crippen molar-refractivity contribution in [2.75, 3.05) is 18.0 Å². The molecule has 0 aliphatic carbocycles. The highest BCUT2D eigenvalue weighted by Gasteiger charge is 2.34. The fourth-order valence-corrected chi connectivity index (χ4v) is 3.99. The molecule has 144 valence electrons. The third kappa shape index (κ3) is 2.76. The molecule has 1 aliphatic heterocycles. The van der Waals surface area contributed by atoms with Crippen LogP contribution in [-0.4, -0.2) is 45.2 Å². The molecule has 0 radical (unpaired) electrons. The second-order valence-corrected chi connectivity index (χ2v) is 7.07. The van der Waals surface area contributed by atoms with E-state index < -0.39 is 0 Å². The standard InChI is InChI=1S/C22H24N4O2/c1-4-24(5-2)21(27)19-18-12-8-9-13-25(18)20(23-19)22(28)26-15(3)14-16-10-6-7-11-17(16)26/h6-13,15H,4-5,14H2,1-3H3. The van der Waals surface area contributed by atoms with Gasteiger partial charge in [-0.1, -0.05) is 24.3 Å². The Balaban J connectivity index is 1.82. The molecule has 1 aliphatic rings. The molecule has 0 bridgehead atoms. The van der Waals surface area contributed by atoms with E-state index in [1.165, 1.54) is 0 Å². The van der Waals surface area contributed by atoms with Crippen molar-refractivity contribution in [3.8, 4) is 0 Å². The summed E-state index contributed by atoms with van der Waals surface area (Å²) in [5, 5.41) is 0. The number of hydrogen-bond donors (Lipinski definition) is 0. The lowest BCUT2D eigenvalue weighted by atomic mass is 10.1. The highest BCUT2D eigenvalue weighted by Crippen LogP contribution is 2.33. The molecule has 0 saturated heterocycles. The highest BCUT2D eigenvalue weighted by atomic mass is 16.2. The summed E-state index contributed by atoms with van der Waals surface area (Å²) in [6.45, 7) is 7.11. The zero-order chi connectivity index (χ0) is 19.8. The minimum atomic E-state index is -0.183. The first-order chi connectivity index (χ1) is 13.6. The number of rotatable bonds is 4. The summed E-state index contributed by atoms with van der Waals surface area (Å²) in [4.78, 5) is 34.5. The normalized spacial score (nSPS) is 15.7. The highest BCUT2D eigenvalue weighted by molar-refractivity contribution is 6.08. The molecular formula is C22H24N4O2. The Hall–Kier alpha value is -3.15. The van der Waals surface area contributed by atoms with Crippen LogP contribution < -0.4 is 4.90 Å². The van der Waals surface area contributed by atoms with E-state index in [9.17, 15) is 9.59 Å². The number of pyridine rings is 1. The maximum atomic E-state index is 13.5. The fourth-order valence-electron chi connectivity index (χ4n) is 3.99. The van der Waals surface area contributed by atoms with Crippen LogP contribution >= 0.6 is 0 Å². The minimum Gasteiger partial charge on any atom is -0.338 e. The van der Waals surface area contributed by atoms with Gasteiger partial charge in [-0.2, -0.15) is 0 Å². The van der Waals surface area contributed by atoms with E-state index in [1.54, 1.807) is 20.4 Å². The SMILES string of the molecule is CCN(CC)C(=O)c1nc(C(=O)N2c3ccccc3CC2C)n2ccccc12. The summed E-state index contributed by atoms with van der Waals surface area (Å²) in [7, 11) is 0. The Kier molecular flexibility index (Phi) is 4.63. The van der Waals surface area contributed by atoms with Gasteiger partial charge in [-0.3, -0.25) is 14.0 Å². The molecule has 0 saturated carbocycles. The number of anilines is 1. The molecule has 2 aromatic heterocycles. The molecule has 3 aromatic rings. The monoisotopic (exact) mass is 376 g/mol. The number of benzene rings is 1. The molecule has 4 rings (SSSR count). The van der Waals surface area contributed by atoms with Gasteiger partial charge in [0.05, 0.1) is 5.52 Å². The number of carbonyl (C=O) groups excluding carboxylic acids is 2. The molecule has 1 atom stereocenters. The van der Waals surface area contributed by atoms with Gasteiger partial charge in [-0.05, 0) is 51.0 Å². The number of aromatic nitrogens is 2. The van der Waals surface area contributed by atoms with E-state index in [1.807, 2.05) is 57.2 Å². The van der Waals surface area contributed by atoms with Crippen molar-refractivity contribution in [1.82, 2.24) is 14.3 Å². The second-order valence-electron chi connectivity index (χ2n) is 7.07. The topological polar surface area (TPSA) is 57.9 Å². The lowest BCUT2D eigenvalue weighted by Crippen LogP contribution is -2.37. The molecule has 6 heteroatoms. The summed E-state index contributed by atoms with van der Waals surface area (Å²) in [5.74, 6) is -0.0606. The summed E-state index contributed by atoms with van der Waals surface area (Å²) >= 11 is 0. The first-order valence-electron chi connectivity index (χ1n) is 9.74. The van der Waals surface area contributed by atoms with E-state index in [-0.39, 0.29) is 23.7 Å². The number of carbonyl (C=O) groups is 2. The molecule has 0 spiro atoms. The van der Waals surface area contributed by atoms with E-state index in [0.29, 0.717) is 24.3 Å². The quantitative estimate of drug-likeness (QED) is 0.701. The van der Waals surface area contributed by atoms with Crippen LogP contribution in [0.25, 0.3) is 5.52 Å². The van der Waals surface area contributed by atoms with Gasteiger partial charge < -0.3 is 9.80 Å². The van der Waals surface area contributed by atoms with Crippen molar-refractivity contribution >= 4 is 23.0 Å². The van der Waals surface area contributed by atoms with E-state index in [0.717, 1.165) is 17.7 Å². The summed E-state index contributed by atoms with van der Waals surface area (Å²) < 4.78 is 1.73. The summed E-state index contributed by atoms with van der Waals surface area (Å²) in [6, 6.07) is 13.5. The van der Waals surface area contributed by atoms with Crippen LogP contribution in [0, 0.1) is 0 Å². The van der Waals surface area contributed by atoms with Crippen LogP contribution in [-0.2, 0) is 6.42 Å². The van der Waals surface area contributed by atoms with Crippen molar-refractivity contribution in [3.63, 3.8) is 0 Å². The van der Waals surface area contributed by atoms with Crippen LogP contribution in [0.1, 0.15) is 47.4 Å². The average Bonchev–Trinajstić information content (AvgIpc) is 3.25. The second kappa shape index (κ2) is 7.11. The van der Waals surface area contributed by atoms with Gasteiger partial charge >= 0.3 is 0 Å². The Bertz CT molecular complexity index is 1050.